The molecular formula is C16H21N3O. The van der Waals surface area contributed by atoms with Crippen LogP contribution in [0.25, 0.3) is 5.65 Å². The fourth-order valence-electron chi connectivity index (χ4n) is 3.03. The summed E-state index contributed by atoms with van der Waals surface area (Å²) in [6.07, 6.45) is 8.29. The number of amides is 1. The van der Waals surface area contributed by atoms with Crippen LogP contribution < -0.4 is 0 Å². The maximum atomic E-state index is 12.7. The van der Waals surface area contributed by atoms with Crippen LogP contribution in [0.3, 0.4) is 0 Å². The van der Waals surface area contributed by atoms with Crippen molar-refractivity contribution in [3.05, 3.63) is 35.8 Å². The number of aryl methyl sites for hydroxylation is 1. The summed E-state index contributed by atoms with van der Waals surface area (Å²) in [6, 6.07) is 4.41. The van der Waals surface area contributed by atoms with Gasteiger partial charge in [-0.15, -0.1) is 0 Å². The van der Waals surface area contributed by atoms with Gasteiger partial charge in [0.05, 0.1) is 0 Å². The fourth-order valence-corrected chi connectivity index (χ4v) is 3.03. The number of nitrogens with zero attached hydrogens (tertiary/aromatic N) is 3. The van der Waals surface area contributed by atoms with E-state index in [2.05, 4.69) is 11.9 Å². The lowest BCUT2D eigenvalue weighted by atomic mass is 10.00. The third kappa shape index (κ3) is 2.30. The summed E-state index contributed by atoms with van der Waals surface area (Å²) in [5.74, 6) is 0.0814. The van der Waals surface area contributed by atoms with E-state index in [1.807, 2.05) is 40.8 Å². The van der Waals surface area contributed by atoms with Crippen molar-refractivity contribution in [2.45, 2.75) is 45.6 Å². The first kappa shape index (κ1) is 13.2. The van der Waals surface area contributed by atoms with Crippen LogP contribution in [0.15, 0.2) is 24.5 Å². The first-order valence-corrected chi connectivity index (χ1v) is 7.45. The molecule has 1 aliphatic heterocycles. The fraction of sp³-hybridized carbons (Fsp3) is 0.500. The first-order chi connectivity index (χ1) is 9.69. The van der Waals surface area contributed by atoms with Gasteiger partial charge in [-0.3, -0.25) is 4.79 Å². The lowest BCUT2D eigenvalue weighted by Gasteiger charge is -2.34. The van der Waals surface area contributed by atoms with E-state index >= 15 is 0 Å². The van der Waals surface area contributed by atoms with Crippen LogP contribution in [0.5, 0.6) is 0 Å². The largest absolute Gasteiger partial charge is 0.334 e. The molecule has 0 aromatic carbocycles. The number of piperidine rings is 1. The Morgan fingerprint density at radius 1 is 1.45 bits per heavy atom. The minimum absolute atomic E-state index is 0.0814. The van der Waals surface area contributed by atoms with Gasteiger partial charge in [-0.25, -0.2) is 4.98 Å². The summed E-state index contributed by atoms with van der Waals surface area (Å²) < 4.78 is 1.92. The number of hydrogen-bond acceptors (Lipinski definition) is 2. The topological polar surface area (TPSA) is 37.6 Å². The van der Waals surface area contributed by atoms with Crippen molar-refractivity contribution < 1.29 is 4.79 Å². The lowest BCUT2D eigenvalue weighted by molar-refractivity contribution is 0.0602. The van der Waals surface area contributed by atoms with E-state index in [1.54, 1.807) is 0 Å². The highest BCUT2D eigenvalue weighted by atomic mass is 16.2. The van der Waals surface area contributed by atoms with E-state index in [4.69, 9.17) is 0 Å². The van der Waals surface area contributed by atoms with Gasteiger partial charge in [-0.05, 0) is 50.3 Å². The molecule has 106 valence electrons. The highest BCUT2D eigenvalue weighted by Gasteiger charge is 2.27. The normalized spacial score (nSPS) is 19.5. The van der Waals surface area contributed by atoms with Crippen molar-refractivity contribution in [3.8, 4) is 0 Å². The molecule has 1 amide bonds. The molecule has 0 aliphatic carbocycles. The van der Waals surface area contributed by atoms with Gasteiger partial charge in [0.25, 0.3) is 5.91 Å². The number of fused-ring (bicyclic) bond motifs is 1. The van der Waals surface area contributed by atoms with Crippen molar-refractivity contribution in [1.29, 1.82) is 0 Å². The van der Waals surface area contributed by atoms with Crippen molar-refractivity contribution in [1.82, 2.24) is 14.3 Å². The number of carbonyl (C=O) groups is 1. The predicted octanol–water partition coefficient (Wildman–Crippen LogP) is 3.05. The maximum absolute atomic E-state index is 12.7. The van der Waals surface area contributed by atoms with Crippen molar-refractivity contribution in [2.75, 3.05) is 6.54 Å². The van der Waals surface area contributed by atoms with Crippen LogP contribution in [0.2, 0.25) is 0 Å². The molecule has 0 bridgehead atoms. The number of hydrogen-bond donors (Lipinski definition) is 0. The zero-order valence-electron chi connectivity index (χ0n) is 12.2. The Bertz CT molecular complexity index is 632. The van der Waals surface area contributed by atoms with Gasteiger partial charge < -0.3 is 9.30 Å². The SMILES string of the molecule is CC[C@@H]1CCCCN1C(=O)c1cn2ccc(C)cc2n1. The van der Waals surface area contributed by atoms with Gasteiger partial charge in [-0.1, -0.05) is 6.92 Å². The third-order valence-corrected chi connectivity index (χ3v) is 4.19. The Morgan fingerprint density at radius 3 is 3.10 bits per heavy atom. The number of rotatable bonds is 2. The quantitative estimate of drug-likeness (QED) is 0.842. The summed E-state index contributed by atoms with van der Waals surface area (Å²) in [4.78, 5) is 19.2. The number of imidazole rings is 1. The van der Waals surface area contributed by atoms with E-state index in [9.17, 15) is 4.79 Å². The van der Waals surface area contributed by atoms with Crippen LogP contribution in [0.4, 0.5) is 0 Å². The van der Waals surface area contributed by atoms with Gasteiger partial charge in [0, 0.05) is 25.0 Å². The molecule has 3 heterocycles. The van der Waals surface area contributed by atoms with E-state index in [0.717, 1.165) is 37.0 Å². The maximum Gasteiger partial charge on any atom is 0.274 e. The smallest absolute Gasteiger partial charge is 0.274 e. The number of likely N-dealkylation sites (tertiary alicyclic amines) is 1. The van der Waals surface area contributed by atoms with Crippen molar-refractivity contribution in [2.24, 2.45) is 0 Å². The summed E-state index contributed by atoms with van der Waals surface area (Å²) in [5, 5.41) is 0. The Morgan fingerprint density at radius 2 is 2.30 bits per heavy atom. The van der Waals surface area contributed by atoms with Crippen LogP contribution >= 0.6 is 0 Å². The standard InChI is InChI=1S/C16H21N3O/c1-3-13-6-4-5-8-19(13)16(20)14-11-18-9-7-12(2)10-15(18)17-14/h7,9-11,13H,3-6,8H2,1-2H3/t13-/m1/s1. The predicted molar refractivity (Wildman–Crippen MR) is 78.9 cm³/mol. The monoisotopic (exact) mass is 271 g/mol. The molecule has 0 N–H and O–H groups in total. The molecule has 0 unspecified atom stereocenters. The molecule has 4 heteroatoms. The second kappa shape index (κ2) is 5.27. The molecule has 3 rings (SSSR count). The van der Waals surface area contributed by atoms with Crippen LogP contribution in [-0.2, 0) is 0 Å². The van der Waals surface area contributed by atoms with Crippen LogP contribution in [0.1, 0.15) is 48.7 Å². The highest BCUT2D eigenvalue weighted by Crippen LogP contribution is 2.21. The minimum atomic E-state index is 0.0814. The van der Waals surface area contributed by atoms with Gasteiger partial charge >= 0.3 is 0 Å². The van der Waals surface area contributed by atoms with E-state index in [1.165, 1.54) is 6.42 Å². The third-order valence-electron chi connectivity index (χ3n) is 4.19. The highest BCUT2D eigenvalue weighted by molar-refractivity contribution is 5.93. The summed E-state index contributed by atoms with van der Waals surface area (Å²) in [5.41, 5.74) is 2.57. The van der Waals surface area contributed by atoms with Gasteiger partial charge in [0.2, 0.25) is 0 Å². The molecule has 0 spiro atoms. The average Bonchev–Trinajstić information content (AvgIpc) is 2.89. The molecule has 1 aliphatic rings. The molecule has 2 aromatic heterocycles. The number of pyridine rings is 1. The second-order valence-corrected chi connectivity index (χ2v) is 5.65. The summed E-state index contributed by atoms with van der Waals surface area (Å²) >= 11 is 0. The van der Waals surface area contributed by atoms with Crippen LogP contribution in [-0.4, -0.2) is 32.8 Å². The molecule has 1 fully saturated rings. The molecule has 2 aromatic rings. The molecule has 0 radical (unpaired) electrons. The number of aromatic nitrogens is 2. The number of carbonyl (C=O) groups excluding carboxylic acids is 1. The minimum Gasteiger partial charge on any atom is -0.334 e. The van der Waals surface area contributed by atoms with E-state index < -0.39 is 0 Å². The summed E-state index contributed by atoms with van der Waals surface area (Å²) in [7, 11) is 0. The van der Waals surface area contributed by atoms with Crippen molar-refractivity contribution in [3.63, 3.8) is 0 Å². The Labute approximate surface area is 119 Å². The zero-order valence-corrected chi connectivity index (χ0v) is 12.2. The molecule has 4 nitrogen and oxygen atoms in total. The van der Waals surface area contributed by atoms with Gasteiger partial charge in [0.15, 0.2) is 0 Å². The zero-order chi connectivity index (χ0) is 14.1. The van der Waals surface area contributed by atoms with Gasteiger partial charge in [0.1, 0.15) is 11.3 Å². The van der Waals surface area contributed by atoms with Crippen LogP contribution in [0, 0.1) is 6.92 Å². The lowest BCUT2D eigenvalue weighted by Crippen LogP contribution is -2.43. The summed E-state index contributed by atoms with van der Waals surface area (Å²) in [6.45, 7) is 5.06. The van der Waals surface area contributed by atoms with E-state index in [-0.39, 0.29) is 5.91 Å². The Balaban J connectivity index is 1.91. The van der Waals surface area contributed by atoms with E-state index in [0.29, 0.717) is 11.7 Å². The Hall–Kier alpha value is -1.84. The van der Waals surface area contributed by atoms with Crippen molar-refractivity contribution >= 4 is 11.6 Å². The molecule has 1 saturated heterocycles. The Kier molecular flexibility index (Phi) is 3.47. The average molecular weight is 271 g/mol. The molecule has 0 saturated carbocycles. The molecular weight excluding hydrogens is 250 g/mol. The second-order valence-electron chi connectivity index (χ2n) is 5.65. The first-order valence-electron chi connectivity index (χ1n) is 7.45. The molecule has 20 heavy (non-hydrogen) atoms. The van der Waals surface area contributed by atoms with Gasteiger partial charge in [-0.2, -0.15) is 0 Å². The molecule has 1 atom stereocenters.